The smallest absolute Gasteiger partial charge is 0.159 e. The van der Waals surface area contributed by atoms with Gasteiger partial charge in [0.15, 0.2) is 11.6 Å². The second-order valence-corrected chi connectivity index (χ2v) is 35.6. The van der Waals surface area contributed by atoms with E-state index >= 15 is 4.39 Å². The highest BCUT2D eigenvalue weighted by atomic mass is 19.2. The molecule has 111 heavy (non-hydrogen) atoms. The highest BCUT2D eigenvalue weighted by Crippen LogP contribution is 2.72. The van der Waals surface area contributed by atoms with Crippen molar-refractivity contribution in [3.8, 4) is 100 Å². The number of fused-ring (bicyclic) bond motifs is 14. The van der Waals surface area contributed by atoms with Crippen molar-refractivity contribution in [1.82, 2.24) is 0 Å². The van der Waals surface area contributed by atoms with Crippen LogP contribution in [0.2, 0.25) is 0 Å². The second kappa shape index (κ2) is 23.9. The summed E-state index contributed by atoms with van der Waals surface area (Å²) in [6.07, 6.45) is 13.3. The number of halogens is 2. The lowest BCUT2D eigenvalue weighted by molar-refractivity contribution is -0.0400. The van der Waals surface area contributed by atoms with Gasteiger partial charge in [-0.3, -0.25) is 0 Å². The van der Waals surface area contributed by atoms with Gasteiger partial charge in [-0.15, -0.1) is 0 Å². The Morgan fingerprint density at radius 3 is 1.00 bits per heavy atom. The van der Waals surface area contributed by atoms with E-state index in [0.29, 0.717) is 11.8 Å². The van der Waals surface area contributed by atoms with Crippen molar-refractivity contribution in [3.05, 3.63) is 348 Å². The van der Waals surface area contributed by atoms with Gasteiger partial charge >= 0.3 is 0 Å². The lowest BCUT2D eigenvalue weighted by Gasteiger charge is -2.61. The molecular weight excluding hydrogens is 1350 g/mol. The van der Waals surface area contributed by atoms with Crippen LogP contribution in [-0.4, -0.2) is 0 Å². The molecule has 2 heteroatoms. The first-order valence-electron chi connectivity index (χ1n) is 41.2. The number of benzene rings is 16. The summed E-state index contributed by atoms with van der Waals surface area (Å²) in [5.74, 6) is 4.49. The van der Waals surface area contributed by atoms with Crippen LogP contribution in [0.15, 0.2) is 303 Å². The molecule has 8 fully saturated rings. The number of hydrogen-bond acceptors (Lipinski definition) is 0. The minimum absolute atomic E-state index is 0.0538. The van der Waals surface area contributed by atoms with Gasteiger partial charge in [-0.1, -0.05) is 281 Å². The molecule has 0 atom stereocenters. The Morgan fingerprint density at radius 1 is 0.216 bits per heavy atom. The molecule has 0 saturated heterocycles. The van der Waals surface area contributed by atoms with E-state index in [-0.39, 0.29) is 16.2 Å². The van der Waals surface area contributed by atoms with E-state index in [2.05, 4.69) is 305 Å². The Morgan fingerprint density at radius 2 is 0.514 bits per heavy atom. The lowest BCUT2D eigenvalue weighted by atomic mass is 9.43. The van der Waals surface area contributed by atoms with Crippen molar-refractivity contribution in [2.24, 2.45) is 47.3 Å². The SMILES string of the molecule is CC1(C)c2ccccc2-c2ccc(-c3c4ccccc4c(-c4ccc(-c5ccc(-c6ccc7c(c6)C6(c8ccccc8-7)C7CC8CC(C7)CC6C8)cc5)cc4)c4ccccc34)cc21.Fc1cc2c(cc1F)C1(c3cc(-c4c5ccccc5c(-c5ccc6ccccc6c5)c5ccccc45)ccc3-2)C2CC3CC(C2)CC1C3. The van der Waals surface area contributed by atoms with Crippen LogP contribution >= 0.6 is 0 Å². The minimum atomic E-state index is -0.745. The maximum Gasteiger partial charge on any atom is 0.159 e. The normalized spacial score (nSPS) is 23.8. The third-order valence-corrected chi connectivity index (χ3v) is 30.0. The minimum Gasteiger partial charge on any atom is -0.204 e. The van der Waals surface area contributed by atoms with E-state index in [1.54, 1.807) is 17.2 Å². The van der Waals surface area contributed by atoms with E-state index in [0.717, 1.165) is 52.2 Å². The molecule has 8 saturated carbocycles. The first-order valence-corrected chi connectivity index (χ1v) is 41.2. The van der Waals surface area contributed by atoms with Crippen molar-refractivity contribution in [2.45, 2.75) is 94.3 Å². The quantitative estimate of drug-likeness (QED) is 0.146. The predicted octanol–water partition coefficient (Wildman–Crippen LogP) is 29.2. The summed E-state index contributed by atoms with van der Waals surface area (Å²) >= 11 is 0. The molecule has 0 radical (unpaired) electrons. The Hall–Kier alpha value is -11.3. The number of rotatable bonds is 6. The Kier molecular flexibility index (Phi) is 13.9. The molecule has 27 rings (SSSR count). The van der Waals surface area contributed by atoms with Gasteiger partial charge in [0, 0.05) is 16.2 Å². The summed E-state index contributed by atoms with van der Waals surface area (Å²) in [7, 11) is 0. The Labute approximate surface area is 648 Å². The van der Waals surface area contributed by atoms with Gasteiger partial charge in [0.2, 0.25) is 0 Å². The molecule has 8 bridgehead atoms. The summed E-state index contributed by atoms with van der Waals surface area (Å²) < 4.78 is 30.1. The van der Waals surface area contributed by atoms with Crippen LogP contribution in [0.5, 0.6) is 0 Å². The van der Waals surface area contributed by atoms with Crippen molar-refractivity contribution in [2.75, 3.05) is 0 Å². The van der Waals surface area contributed by atoms with E-state index in [1.165, 1.54) is 230 Å². The maximum absolute atomic E-state index is 15.2. The Balaban J connectivity index is 0.000000134. The van der Waals surface area contributed by atoms with Gasteiger partial charge in [-0.05, 0) is 335 Å². The van der Waals surface area contributed by atoms with Crippen molar-refractivity contribution in [3.63, 3.8) is 0 Å². The fraction of sp³-hybridized carbons (Fsp3) is 0.211. The molecule has 16 aromatic rings. The average Bonchev–Trinajstić information content (AvgIpc) is 1.54. The molecular formula is C109H84F2. The third kappa shape index (κ3) is 9.14. The van der Waals surface area contributed by atoms with Gasteiger partial charge in [0.25, 0.3) is 0 Å². The van der Waals surface area contributed by atoms with Gasteiger partial charge in [0.05, 0.1) is 0 Å². The lowest BCUT2D eigenvalue weighted by Crippen LogP contribution is -2.55. The van der Waals surface area contributed by atoms with E-state index in [9.17, 15) is 4.39 Å². The summed E-state index contributed by atoms with van der Waals surface area (Å²) in [4.78, 5) is 0. The molecule has 11 aliphatic rings. The summed E-state index contributed by atoms with van der Waals surface area (Å²) in [6.45, 7) is 4.75. The molecule has 2 spiro atoms. The first kappa shape index (κ1) is 64.5. The van der Waals surface area contributed by atoms with Gasteiger partial charge in [0.1, 0.15) is 0 Å². The molecule has 0 aromatic heterocycles. The molecule has 0 N–H and O–H groups in total. The van der Waals surface area contributed by atoms with Crippen LogP contribution in [0.3, 0.4) is 0 Å². The summed E-state index contributed by atoms with van der Waals surface area (Å²) in [5, 5.41) is 12.6. The maximum atomic E-state index is 15.2. The molecule has 0 unspecified atom stereocenters. The van der Waals surface area contributed by atoms with Gasteiger partial charge < -0.3 is 0 Å². The van der Waals surface area contributed by atoms with Crippen LogP contribution in [-0.2, 0) is 16.2 Å². The van der Waals surface area contributed by atoms with Crippen molar-refractivity contribution in [1.29, 1.82) is 0 Å². The predicted molar refractivity (Wildman–Crippen MR) is 457 cm³/mol. The third-order valence-electron chi connectivity index (χ3n) is 30.0. The monoisotopic (exact) mass is 1430 g/mol. The summed E-state index contributed by atoms with van der Waals surface area (Å²) in [6, 6.07) is 113. The van der Waals surface area contributed by atoms with E-state index in [1.807, 2.05) is 0 Å². The molecule has 0 amide bonds. The highest BCUT2D eigenvalue weighted by Gasteiger charge is 2.63. The zero-order chi connectivity index (χ0) is 73.3. The van der Waals surface area contributed by atoms with Crippen molar-refractivity contribution >= 4 is 53.9 Å². The van der Waals surface area contributed by atoms with Crippen LogP contribution in [0.1, 0.15) is 111 Å². The van der Waals surface area contributed by atoms with E-state index in [4.69, 9.17) is 0 Å². The van der Waals surface area contributed by atoms with Crippen LogP contribution < -0.4 is 0 Å². The fourth-order valence-corrected chi connectivity index (χ4v) is 26.1. The zero-order valence-corrected chi connectivity index (χ0v) is 62.8. The Bertz CT molecular complexity index is 6490. The zero-order valence-electron chi connectivity index (χ0n) is 62.8. The molecule has 11 aliphatic carbocycles. The number of hydrogen-bond donors (Lipinski definition) is 0. The molecule has 16 aromatic carbocycles. The van der Waals surface area contributed by atoms with E-state index < -0.39 is 11.6 Å². The van der Waals surface area contributed by atoms with Gasteiger partial charge in [-0.25, -0.2) is 8.78 Å². The summed E-state index contributed by atoms with van der Waals surface area (Å²) in [5.41, 5.74) is 31.3. The molecule has 0 nitrogen and oxygen atoms in total. The van der Waals surface area contributed by atoms with Crippen molar-refractivity contribution < 1.29 is 8.78 Å². The standard InChI is InChI=1S/C63H50.C46H34F2/c1-62(2)56-17-9-7-11-48(56)50-30-28-45(37-58(50)62)61-54-15-5-3-13-52(54)60(53-14-4-6-16-55(53)61)43-25-23-41(24-26-43)40-19-21-42(22-20-40)44-27-29-51-49-12-8-10-18-57(49)63(59(51)36-44)46-32-38-31-39(34-46)35-47(63)33-38;47-42-24-39-34-16-15-31(23-40(34)46(41(39)25-43(42)48)32-18-26-17-27(20-32)21-33(46)19-26)45-37-11-5-3-9-35(37)44(36-10-4-6-12-38(36)45)30-14-13-28-7-1-2-8-29(28)22-30/h3-30,36-39,46-47H,31-35H2,1-2H3;1-16,22-27,32-33H,17-21H2. The van der Waals surface area contributed by atoms with Crippen LogP contribution in [0.4, 0.5) is 8.78 Å². The van der Waals surface area contributed by atoms with Gasteiger partial charge in [-0.2, -0.15) is 0 Å². The van der Waals surface area contributed by atoms with Crippen LogP contribution in [0.25, 0.3) is 154 Å². The first-order chi connectivity index (χ1) is 54.5. The molecule has 0 heterocycles. The fourth-order valence-electron chi connectivity index (χ4n) is 26.1. The second-order valence-electron chi connectivity index (χ2n) is 35.6. The molecule has 0 aliphatic heterocycles. The topological polar surface area (TPSA) is 0 Å². The van der Waals surface area contributed by atoms with Crippen LogP contribution in [0, 0.1) is 59.0 Å². The molecule has 534 valence electrons. The highest BCUT2D eigenvalue weighted by molar-refractivity contribution is 6.23. The largest absolute Gasteiger partial charge is 0.204 e. The average molecular weight is 1430 g/mol.